The Morgan fingerprint density at radius 1 is 1.03 bits per heavy atom. The molecule has 0 saturated carbocycles. The fourth-order valence-electron chi connectivity index (χ4n) is 3.57. The van der Waals surface area contributed by atoms with Crippen molar-refractivity contribution in [2.45, 2.75) is 12.8 Å². The van der Waals surface area contributed by atoms with E-state index < -0.39 is 0 Å². The highest BCUT2D eigenvalue weighted by molar-refractivity contribution is 7.16. The predicted molar refractivity (Wildman–Crippen MR) is 135 cm³/mol. The molecule has 0 saturated heterocycles. The number of fused-ring (bicyclic) bond motifs is 1. The van der Waals surface area contributed by atoms with Crippen LogP contribution < -0.4 is 0 Å². The highest BCUT2D eigenvalue weighted by Crippen LogP contribution is 2.30. The minimum Gasteiger partial charge on any atom is -0.263 e. The Hall–Kier alpha value is -3.68. The third-order valence-electron chi connectivity index (χ3n) is 5.26. The van der Waals surface area contributed by atoms with Crippen molar-refractivity contribution < 1.29 is 0 Å². The van der Waals surface area contributed by atoms with Gasteiger partial charge in [0.05, 0.1) is 20.7 Å². The van der Waals surface area contributed by atoms with Crippen molar-refractivity contribution in [3.05, 3.63) is 99.5 Å². The standard InChI is InChI=1S/C25H19ClN6S/c26-22-15-27-12-11-21(22)20(13-19-6-9-24-23(14-19)28-16-33-24)8-5-17-1-3-18(4-2-17)7-10-25-29-31-32-30-25/h1-4,6-7,9-16H,5,8H2,(H,29,30,31,32). The summed E-state index contributed by atoms with van der Waals surface area (Å²) in [6.45, 7) is 0. The second-order valence-corrected chi connectivity index (χ2v) is 8.74. The Bertz CT molecular complexity index is 1420. The van der Waals surface area contributed by atoms with Crippen LogP contribution in [0.15, 0.2) is 66.4 Å². The first-order chi connectivity index (χ1) is 16.2. The molecule has 6 nitrogen and oxygen atoms in total. The smallest absolute Gasteiger partial charge is 0.197 e. The topological polar surface area (TPSA) is 80.2 Å². The van der Waals surface area contributed by atoms with Crippen molar-refractivity contribution in [1.82, 2.24) is 30.6 Å². The van der Waals surface area contributed by atoms with Gasteiger partial charge in [-0.05, 0) is 70.2 Å². The molecule has 0 radical (unpaired) electrons. The van der Waals surface area contributed by atoms with Gasteiger partial charge >= 0.3 is 0 Å². The number of halogens is 1. The lowest BCUT2D eigenvalue weighted by molar-refractivity contribution is 0.881. The lowest BCUT2D eigenvalue weighted by Crippen LogP contribution is -1.92. The minimum atomic E-state index is 0.555. The Kier molecular flexibility index (Phi) is 6.32. The number of allylic oxidation sites excluding steroid dienone is 1. The first-order valence-corrected chi connectivity index (χ1v) is 11.6. The van der Waals surface area contributed by atoms with E-state index in [1.165, 1.54) is 10.3 Å². The molecule has 0 fully saturated rings. The van der Waals surface area contributed by atoms with Crippen LogP contribution in [0.3, 0.4) is 0 Å². The highest BCUT2D eigenvalue weighted by atomic mass is 35.5. The van der Waals surface area contributed by atoms with Crippen molar-refractivity contribution in [1.29, 1.82) is 0 Å². The third-order valence-corrected chi connectivity index (χ3v) is 6.37. The zero-order valence-corrected chi connectivity index (χ0v) is 19.1. The second-order valence-electron chi connectivity index (χ2n) is 7.45. The second kappa shape index (κ2) is 9.85. The number of rotatable bonds is 7. The largest absolute Gasteiger partial charge is 0.263 e. The van der Waals surface area contributed by atoms with Gasteiger partial charge in [-0.2, -0.15) is 5.21 Å². The number of hydrogen-bond acceptors (Lipinski definition) is 6. The van der Waals surface area contributed by atoms with Gasteiger partial charge in [0, 0.05) is 12.4 Å². The molecule has 5 aromatic rings. The zero-order chi connectivity index (χ0) is 22.5. The Morgan fingerprint density at radius 2 is 1.91 bits per heavy atom. The Balaban J connectivity index is 1.36. The van der Waals surface area contributed by atoms with Gasteiger partial charge in [0.2, 0.25) is 0 Å². The summed E-state index contributed by atoms with van der Waals surface area (Å²) in [5.41, 5.74) is 8.49. The maximum atomic E-state index is 6.50. The summed E-state index contributed by atoms with van der Waals surface area (Å²) in [4.78, 5) is 8.59. The Labute approximate surface area is 199 Å². The number of nitrogens with zero attached hydrogens (tertiary/aromatic N) is 5. The van der Waals surface area contributed by atoms with Crippen LogP contribution in [0.4, 0.5) is 0 Å². The van der Waals surface area contributed by atoms with Gasteiger partial charge in [-0.25, -0.2) is 4.98 Å². The van der Waals surface area contributed by atoms with Crippen molar-refractivity contribution in [3.8, 4) is 0 Å². The van der Waals surface area contributed by atoms with Crippen molar-refractivity contribution in [2.24, 2.45) is 0 Å². The van der Waals surface area contributed by atoms with Crippen LogP contribution in [-0.2, 0) is 6.42 Å². The summed E-state index contributed by atoms with van der Waals surface area (Å²) >= 11 is 8.15. The van der Waals surface area contributed by atoms with Crippen LogP contribution in [0.5, 0.6) is 0 Å². The van der Waals surface area contributed by atoms with E-state index in [1.54, 1.807) is 23.7 Å². The fourth-order valence-corrected chi connectivity index (χ4v) is 4.47. The molecule has 3 heterocycles. The molecule has 1 N–H and O–H groups in total. The average molecular weight is 471 g/mol. The summed E-state index contributed by atoms with van der Waals surface area (Å²) in [6, 6.07) is 16.8. The van der Waals surface area contributed by atoms with Crippen LogP contribution in [0, 0.1) is 0 Å². The van der Waals surface area contributed by atoms with Gasteiger partial charge in [-0.3, -0.25) is 4.98 Å². The molecule has 0 aliphatic carbocycles. The molecular weight excluding hydrogens is 452 g/mol. The predicted octanol–water partition coefficient (Wildman–Crippen LogP) is 6.20. The van der Waals surface area contributed by atoms with Crippen LogP contribution in [0.1, 0.15) is 34.5 Å². The van der Waals surface area contributed by atoms with E-state index in [4.69, 9.17) is 11.6 Å². The van der Waals surface area contributed by atoms with E-state index in [1.807, 2.05) is 23.7 Å². The number of aromatic amines is 1. The number of aryl methyl sites for hydroxylation is 1. The lowest BCUT2D eigenvalue weighted by atomic mass is 9.96. The molecule has 0 aliphatic rings. The quantitative estimate of drug-likeness (QED) is 0.306. The van der Waals surface area contributed by atoms with Crippen LogP contribution in [-0.4, -0.2) is 30.6 Å². The monoisotopic (exact) mass is 470 g/mol. The normalized spacial score (nSPS) is 12.1. The zero-order valence-electron chi connectivity index (χ0n) is 17.5. The SMILES string of the molecule is Clc1cnccc1C(=Cc1ccc2scnc2c1)CCc1ccc(C=Cc2nn[nH]n2)cc1. The number of benzene rings is 2. The van der Waals surface area contributed by atoms with Crippen LogP contribution in [0.2, 0.25) is 5.02 Å². The summed E-state index contributed by atoms with van der Waals surface area (Å²) in [7, 11) is 0. The lowest BCUT2D eigenvalue weighted by Gasteiger charge is -2.11. The number of aromatic nitrogens is 6. The first kappa shape index (κ1) is 21.2. The van der Waals surface area contributed by atoms with Gasteiger partial charge in [-0.15, -0.1) is 21.5 Å². The van der Waals surface area contributed by atoms with Gasteiger partial charge < -0.3 is 0 Å². The van der Waals surface area contributed by atoms with E-state index in [9.17, 15) is 0 Å². The molecule has 0 bridgehead atoms. The molecule has 2 aromatic carbocycles. The molecule has 33 heavy (non-hydrogen) atoms. The summed E-state index contributed by atoms with van der Waals surface area (Å²) in [5, 5.41) is 14.5. The van der Waals surface area contributed by atoms with Gasteiger partial charge in [-0.1, -0.05) is 54.1 Å². The maximum absolute atomic E-state index is 6.50. The van der Waals surface area contributed by atoms with E-state index >= 15 is 0 Å². The third kappa shape index (κ3) is 5.22. The van der Waals surface area contributed by atoms with Crippen molar-refractivity contribution in [3.63, 3.8) is 0 Å². The van der Waals surface area contributed by atoms with Crippen LogP contribution in [0.25, 0.3) is 34.0 Å². The van der Waals surface area contributed by atoms with Gasteiger partial charge in [0.25, 0.3) is 0 Å². The fraction of sp³-hybridized carbons (Fsp3) is 0.0800. The number of tetrazole rings is 1. The molecule has 0 spiro atoms. The van der Waals surface area contributed by atoms with E-state index in [-0.39, 0.29) is 0 Å². The molecule has 0 unspecified atom stereocenters. The molecular formula is C25H19ClN6S. The Morgan fingerprint density at radius 3 is 2.73 bits per heavy atom. The minimum absolute atomic E-state index is 0.555. The molecule has 162 valence electrons. The molecule has 8 heteroatoms. The molecule has 0 amide bonds. The van der Waals surface area contributed by atoms with E-state index in [2.05, 4.69) is 79.1 Å². The van der Waals surface area contributed by atoms with E-state index in [0.717, 1.165) is 40.6 Å². The first-order valence-electron chi connectivity index (χ1n) is 10.4. The van der Waals surface area contributed by atoms with Crippen molar-refractivity contribution >= 4 is 57.0 Å². The number of thiazole rings is 1. The molecule has 0 aliphatic heterocycles. The molecule has 3 aromatic heterocycles. The number of H-pyrrole nitrogens is 1. The summed E-state index contributed by atoms with van der Waals surface area (Å²) in [5.74, 6) is 0.555. The van der Waals surface area contributed by atoms with Gasteiger partial charge in [0.15, 0.2) is 5.82 Å². The summed E-state index contributed by atoms with van der Waals surface area (Å²) < 4.78 is 1.18. The van der Waals surface area contributed by atoms with E-state index in [0.29, 0.717) is 10.8 Å². The maximum Gasteiger partial charge on any atom is 0.197 e. The van der Waals surface area contributed by atoms with Crippen LogP contribution >= 0.6 is 22.9 Å². The van der Waals surface area contributed by atoms with Crippen molar-refractivity contribution in [2.75, 3.05) is 0 Å². The van der Waals surface area contributed by atoms with Gasteiger partial charge in [0.1, 0.15) is 0 Å². The molecule has 5 rings (SSSR count). The average Bonchev–Trinajstić information content (AvgIpc) is 3.53. The number of hydrogen-bond donors (Lipinski definition) is 1. The summed E-state index contributed by atoms with van der Waals surface area (Å²) in [6.07, 6.45) is 11.2. The highest BCUT2D eigenvalue weighted by Gasteiger charge is 2.09. The number of pyridine rings is 1. The molecule has 0 atom stereocenters. The number of nitrogens with one attached hydrogen (secondary N) is 1.